The van der Waals surface area contributed by atoms with E-state index in [1.165, 1.54) is 18.2 Å². The molecule has 8 heteroatoms. The summed E-state index contributed by atoms with van der Waals surface area (Å²) in [5.41, 5.74) is -3.78. The molecule has 1 aromatic rings. The average Bonchev–Trinajstić information content (AvgIpc) is 3.37. The third-order valence-corrected chi connectivity index (χ3v) is 3.93. The van der Waals surface area contributed by atoms with Crippen LogP contribution in [0.2, 0.25) is 0 Å². The van der Waals surface area contributed by atoms with Gasteiger partial charge in [-0.3, -0.25) is 4.79 Å². The Bertz CT molecular complexity index is 597. The number of halogens is 3. The summed E-state index contributed by atoms with van der Waals surface area (Å²) >= 11 is 0. The molecule has 5 nitrogen and oxygen atoms in total. The van der Waals surface area contributed by atoms with Crippen molar-refractivity contribution in [1.29, 1.82) is 0 Å². The van der Waals surface area contributed by atoms with Crippen molar-refractivity contribution in [3.63, 3.8) is 0 Å². The number of benzene rings is 1. The highest BCUT2D eigenvalue weighted by Gasteiger charge is 2.64. The van der Waals surface area contributed by atoms with E-state index in [0.717, 1.165) is 19.2 Å². The highest BCUT2D eigenvalue weighted by atomic mass is 19.4. The first kappa shape index (κ1) is 18.4. The Kier molecular flexibility index (Phi) is 5.29. The van der Waals surface area contributed by atoms with E-state index in [0.29, 0.717) is 12.8 Å². The lowest BCUT2D eigenvalue weighted by atomic mass is 9.92. The van der Waals surface area contributed by atoms with Crippen molar-refractivity contribution in [3.8, 4) is 0 Å². The van der Waals surface area contributed by atoms with Crippen LogP contribution in [0.1, 0.15) is 18.4 Å². The molecule has 132 valence electrons. The largest absolute Gasteiger partial charge is 0.451 e. The van der Waals surface area contributed by atoms with Crippen molar-refractivity contribution < 1.29 is 37.3 Å². The van der Waals surface area contributed by atoms with E-state index < -0.39 is 41.8 Å². The number of aliphatic hydroxyl groups excluding tert-OH is 1. The third-order valence-electron chi connectivity index (χ3n) is 3.93. The first-order valence-electron chi connectivity index (χ1n) is 7.30. The number of ether oxygens (including phenoxy) is 2. The number of Topliss-reactive ketones (excluding diaryl/α,β-unsaturated/α-hetero) is 1. The Hall–Kier alpha value is -1.93. The van der Waals surface area contributed by atoms with Crippen LogP contribution < -0.4 is 0 Å². The van der Waals surface area contributed by atoms with Crippen LogP contribution in [0.3, 0.4) is 0 Å². The van der Waals surface area contributed by atoms with Crippen LogP contribution in [0.25, 0.3) is 0 Å². The quantitative estimate of drug-likeness (QED) is 0.765. The van der Waals surface area contributed by atoms with Crippen LogP contribution in [0, 0.1) is 5.92 Å². The Morgan fingerprint density at radius 3 is 2.25 bits per heavy atom. The summed E-state index contributed by atoms with van der Waals surface area (Å²) in [5, 5.41) is 8.94. The van der Waals surface area contributed by atoms with Gasteiger partial charge in [-0.05, 0) is 12.8 Å². The Balaban J connectivity index is 2.40. The molecule has 0 radical (unpaired) electrons. The number of aliphatic hydroxyl groups is 1. The molecule has 1 aliphatic rings. The van der Waals surface area contributed by atoms with Crippen molar-refractivity contribution in [2.24, 2.45) is 5.92 Å². The standard InChI is InChI=1S/C16H17F3O5/c1-23-15(16(17,18)19,11-5-3-2-4-6-11)14(22)24-13(10-7-8-10)12(21)9-20/h2-6,10,13,20H,7-9H2,1H3/t13-,15+/m0/s1. The predicted octanol–water partition coefficient (Wildman–Crippen LogP) is 1.97. The van der Waals surface area contributed by atoms with Crippen molar-refractivity contribution in [1.82, 2.24) is 0 Å². The van der Waals surface area contributed by atoms with Crippen LogP contribution in [0.4, 0.5) is 13.2 Å². The van der Waals surface area contributed by atoms with E-state index >= 15 is 0 Å². The molecule has 0 heterocycles. The SMILES string of the molecule is CO[C@@](C(=O)O[C@H](C(=O)CO)C1CC1)(c1ccccc1)C(F)(F)F. The maximum absolute atomic E-state index is 13.7. The fourth-order valence-corrected chi connectivity index (χ4v) is 2.50. The lowest BCUT2D eigenvalue weighted by Gasteiger charge is -2.33. The number of hydrogen-bond donors (Lipinski definition) is 1. The van der Waals surface area contributed by atoms with Crippen LogP contribution in [-0.4, -0.2) is 42.9 Å². The minimum Gasteiger partial charge on any atom is -0.451 e. The summed E-state index contributed by atoms with van der Waals surface area (Å²) in [4.78, 5) is 24.1. The molecule has 0 aliphatic heterocycles. The van der Waals surface area contributed by atoms with E-state index in [1.807, 2.05) is 0 Å². The summed E-state index contributed by atoms with van der Waals surface area (Å²) in [6.45, 7) is -0.911. The zero-order valence-electron chi connectivity index (χ0n) is 12.9. The number of carbonyl (C=O) groups excluding carboxylic acids is 2. The molecule has 0 aromatic heterocycles. The minimum absolute atomic E-state index is 0.368. The molecule has 0 bridgehead atoms. The predicted molar refractivity (Wildman–Crippen MR) is 75.9 cm³/mol. The summed E-state index contributed by atoms with van der Waals surface area (Å²) in [7, 11) is 0.752. The van der Waals surface area contributed by atoms with Crippen LogP contribution in [0.5, 0.6) is 0 Å². The summed E-state index contributed by atoms with van der Waals surface area (Å²) < 4.78 is 50.6. The zero-order chi connectivity index (χ0) is 18.0. The number of ketones is 1. The lowest BCUT2D eigenvalue weighted by Crippen LogP contribution is -2.53. The van der Waals surface area contributed by atoms with Gasteiger partial charge in [0.25, 0.3) is 5.60 Å². The van der Waals surface area contributed by atoms with Crippen molar-refractivity contribution in [2.75, 3.05) is 13.7 Å². The molecule has 1 aliphatic carbocycles. The first-order valence-corrected chi connectivity index (χ1v) is 7.30. The van der Waals surface area contributed by atoms with E-state index in [9.17, 15) is 22.8 Å². The van der Waals surface area contributed by atoms with Crippen molar-refractivity contribution >= 4 is 11.8 Å². The molecule has 2 atom stereocenters. The fourth-order valence-electron chi connectivity index (χ4n) is 2.50. The molecule has 24 heavy (non-hydrogen) atoms. The highest BCUT2D eigenvalue weighted by molar-refractivity contribution is 5.89. The highest BCUT2D eigenvalue weighted by Crippen LogP contribution is 2.44. The average molecular weight is 346 g/mol. The summed E-state index contributed by atoms with van der Waals surface area (Å²) in [5.74, 6) is -2.92. The molecular formula is C16H17F3O5. The van der Waals surface area contributed by atoms with E-state index in [1.54, 1.807) is 0 Å². The normalized spacial score (nSPS) is 18.5. The van der Waals surface area contributed by atoms with Crippen LogP contribution >= 0.6 is 0 Å². The molecule has 1 aromatic carbocycles. The van der Waals surface area contributed by atoms with Gasteiger partial charge in [-0.1, -0.05) is 30.3 Å². The number of esters is 1. The molecule has 1 fully saturated rings. The number of carbonyl (C=O) groups is 2. The monoisotopic (exact) mass is 346 g/mol. The molecule has 0 unspecified atom stereocenters. The zero-order valence-corrected chi connectivity index (χ0v) is 12.9. The molecule has 2 rings (SSSR count). The van der Waals surface area contributed by atoms with Gasteiger partial charge in [-0.25, -0.2) is 4.79 Å². The van der Waals surface area contributed by atoms with Gasteiger partial charge in [0, 0.05) is 18.6 Å². The number of rotatable bonds is 7. The molecular weight excluding hydrogens is 329 g/mol. The molecule has 0 spiro atoms. The van der Waals surface area contributed by atoms with Gasteiger partial charge in [0.2, 0.25) is 0 Å². The summed E-state index contributed by atoms with van der Waals surface area (Å²) in [6, 6.07) is 6.35. The van der Waals surface area contributed by atoms with E-state index in [2.05, 4.69) is 4.74 Å². The smallest absolute Gasteiger partial charge is 0.432 e. The van der Waals surface area contributed by atoms with Gasteiger partial charge < -0.3 is 14.6 Å². The number of methoxy groups -OCH3 is 1. The first-order chi connectivity index (χ1) is 11.3. The Morgan fingerprint density at radius 2 is 1.83 bits per heavy atom. The minimum atomic E-state index is -5.10. The van der Waals surface area contributed by atoms with Crippen LogP contribution in [0.15, 0.2) is 30.3 Å². The summed E-state index contributed by atoms with van der Waals surface area (Å²) in [6.07, 6.45) is -5.42. The van der Waals surface area contributed by atoms with Crippen molar-refractivity contribution in [3.05, 3.63) is 35.9 Å². The fraction of sp³-hybridized carbons (Fsp3) is 0.500. The van der Waals surface area contributed by atoms with Gasteiger partial charge in [-0.2, -0.15) is 13.2 Å². The maximum atomic E-state index is 13.7. The van der Waals surface area contributed by atoms with E-state index in [4.69, 9.17) is 9.84 Å². The molecule has 0 saturated heterocycles. The van der Waals surface area contributed by atoms with Gasteiger partial charge in [0.1, 0.15) is 6.61 Å². The van der Waals surface area contributed by atoms with Gasteiger partial charge in [0.05, 0.1) is 0 Å². The second-order valence-electron chi connectivity index (χ2n) is 5.54. The molecule has 0 amide bonds. The third kappa shape index (κ3) is 3.29. The number of alkyl halides is 3. The Labute approximate surface area is 136 Å². The van der Waals surface area contributed by atoms with E-state index in [-0.39, 0.29) is 5.92 Å². The molecule has 1 saturated carbocycles. The van der Waals surface area contributed by atoms with Crippen molar-refractivity contribution in [2.45, 2.75) is 30.7 Å². The van der Waals surface area contributed by atoms with Gasteiger partial charge >= 0.3 is 12.1 Å². The molecule has 1 N–H and O–H groups in total. The van der Waals surface area contributed by atoms with Crippen LogP contribution in [-0.2, 0) is 24.7 Å². The van der Waals surface area contributed by atoms with Gasteiger partial charge in [-0.15, -0.1) is 0 Å². The topological polar surface area (TPSA) is 72.8 Å². The second kappa shape index (κ2) is 6.90. The van der Waals surface area contributed by atoms with Gasteiger partial charge in [0.15, 0.2) is 11.9 Å². The Morgan fingerprint density at radius 1 is 1.25 bits per heavy atom. The maximum Gasteiger partial charge on any atom is 0.432 e. The second-order valence-corrected chi connectivity index (χ2v) is 5.54. The number of hydrogen-bond acceptors (Lipinski definition) is 5. The lowest BCUT2D eigenvalue weighted by molar-refractivity contribution is -0.278.